The van der Waals surface area contributed by atoms with E-state index < -0.39 is 30.6 Å². The van der Waals surface area contributed by atoms with Crippen LogP contribution in [-0.4, -0.2) is 44.0 Å². The van der Waals surface area contributed by atoms with Crippen LogP contribution in [0.4, 0.5) is 22.0 Å². The van der Waals surface area contributed by atoms with Gasteiger partial charge in [0.25, 0.3) is 12.3 Å². The molecule has 4 nitrogen and oxygen atoms in total. The molecule has 0 aromatic heterocycles. The number of alkyl halides is 5. The number of rotatable bonds is 8. The Hall–Kier alpha value is -2.68. The SMILES string of the molecule is COCCN(CC(F)F)C(=O)c1cccc(Oc2cccc(C(F)(F)F)c2)c1. The maximum Gasteiger partial charge on any atom is 0.416 e. The maximum absolute atomic E-state index is 12.8. The number of nitrogens with zero attached hydrogens (tertiary/aromatic N) is 1. The van der Waals surface area contributed by atoms with Crippen LogP contribution in [0, 0.1) is 0 Å². The van der Waals surface area contributed by atoms with Gasteiger partial charge in [-0.2, -0.15) is 13.2 Å². The van der Waals surface area contributed by atoms with Gasteiger partial charge in [0.05, 0.1) is 18.7 Å². The van der Waals surface area contributed by atoms with Crippen LogP contribution in [0.2, 0.25) is 0 Å². The normalized spacial score (nSPS) is 11.5. The minimum atomic E-state index is -4.52. The van der Waals surface area contributed by atoms with Gasteiger partial charge in [0.1, 0.15) is 11.5 Å². The summed E-state index contributed by atoms with van der Waals surface area (Å²) in [6.45, 7) is -0.710. The van der Waals surface area contributed by atoms with Crippen molar-refractivity contribution in [1.82, 2.24) is 4.90 Å². The molecule has 0 N–H and O–H groups in total. The lowest BCUT2D eigenvalue weighted by Gasteiger charge is -2.22. The fraction of sp³-hybridized carbons (Fsp3) is 0.316. The Bertz CT molecular complexity index is 795. The van der Waals surface area contributed by atoms with Crippen molar-refractivity contribution in [3.63, 3.8) is 0 Å². The highest BCUT2D eigenvalue weighted by atomic mass is 19.4. The Morgan fingerprint density at radius 2 is 1.71 bits per heavy atom. The van der Waals surface area contributed by atoms with Crippen LogP contribution in [0.5, 0.6) is 11.5 Å². The van der Waals surface area contributed by atoms with E-state index in [2.05, 4.69) is 0 Å². The lowest BCUT2D eigenvalue weighted by atomic mass is 10.1. The quantitative estimate of drug-likeness (QED) is 0.592. The molecule has 9 heteroatoms. The molecule has 2 rings (SSSR count). The molecule has 0 aliphatic carbocycles. The Morgan fingerprint density at radius 3 is 2.32 bits per heavy atom. The molecule has 0 fully saturated rings. The molecule has 0 atom stereocenters. The number of carbonyl (C=O) groups is 1. The van der Waals surface area contributed by atoms with Crippen LogP contribution >= 0.6 is 0 Å². The second kappa shape index (κ2) is 9.50. The van der Waals surface area contributed by atoms with Crippen molar-refractivity contribution in [3.8, 4) is 11.5 Å². The third-order valence-corrected chi connectivity index (χ3v) is 3.69. The Labute approximate surface area is 158 Å². The summed E-state index contributed by atoms with van der Waals surface area (Å²) < 4.78 is 74.1. The van der Waals surface area contributed by atoms with Gasteiger partial charge in [0, 0.05) is 19.2 Å². The molecule has 0 radical (unpaired) electrons. The smallest absolute Gasteiger partial charge is 0.416 e. The summed E-state index contributed by atoms with van der Waals surface area (Å²) in [5.74, 6) is -0.621. The second-order valence-corrected chi connectivity index (χ2v) is 5.79. The predicted molar refractivity (Wildman–Crippen MR) is 91.7 cm³/mol. The number of benzene rings is 2. The third-order valence-electron chi connectivity index (χ3n) is 3.69. The zero-order valence-electron chi connectivity index (χ0n) is 14.9. The monoisotopic (exact) mass is 403 g/mol. The number of ether oxygens (including phenoxy) is 2. The first-order chi connectivity index (χ1) is 13.2. The largest absolute Gasteiger partial charge is 0.457 e. The number of amides is 1. The molecule has 0 heterocycles. The van der Waals surface area contributed by atoms with Gasteiger partial charge in [0.2, 0.25) is 0 Å². The molecule has 0 aliphatic heterocycles. The van der Waals surface area contributed by atoms with E-state index in [1.807, 2.05) is 0 Å². The minimum Gasteiger partial charge on any atom is -0.457 e. The fourth-order valence-corrected chi connectivity index (χ4v) is 2.39. The number of hydrogen-bond donors (Lipinski definition) is 0. The summed E-state index contributed by atoms with van der Waals surface area (Å²) in [5, 5.41) is 0. The average Bonchev–Trinajstić information content (AvgIpc) is 2.64. The van der Waals surface area contributed by atoms with Crippen molar-refractivity contribution in [1.29, 1.82) is 0 Å². The van der Waals surface area contributed by atoms with E-state index in [4.69, 9.17) is 9.47 Å². The highest BCUT2D eigenvalue weighted by Crippen LogP contribution is 2.32. The summed E-state index contributed by atoms with van der Waals surface area (Å²) in [5.41, 5.74) is -0.805. The molecule has 0 aliphatic rings. The van der Waals surface area contributed by atoms with Crippen molar-refractivity contribution in [2.24, 2.45) is 0 Å². The van der Waals surface area contributed by atoms with Crippen molar-refractivity contribution >= 4 is 5.91 Å². The lowest BCUT2D eigenvalue weighted by molar-refractivity contribution is -0.137. The summed E-state index contributed by atoms with van der Waals surface area (Å²) in [6.07, 6.45) is -7.24. The standard InChI is InChI=1S/C19H18F5NO3/c1-27-9-8-25(12-17(20)21)18(26)13-4-2-6-15(10-13)28-16-7-3-5-14(11-16)19(22,23)24/h2-7,10-11,17H,8-9,12H2,1H3. The Morgan fingerprint density at radius 1 is 1.07 bits per heavy atom. The average molecular weight is 403 g/mol. The highest BCUT2D eigenvalue weighted by Gasteiger charge is 2.30. The fourth-order valence-electron chi connectivity index (χ4n) is 2.39. The molecule has 1 amide bonds. The summed E-state index contributed by atoms with van der Waals surface area (Å²) in [7, 11) is 1.38. The second-order valence-electron chi connectivity index (χ2n) is 5.79. The highest BCUT2D eigenvalue weighted by molar-refractivity contribution is 5.94. The Kier molecular flexibility index (Phi) is 7.33. The van der Waals surface area contributed by atoms with Gasteiger partial charge in [0.15, 0.2) is 0 Å². The number of hydrogen-bond acceptors (Lipinski definition) is 3. The minimum absolute atomic E-state index is 0.0294. The molecule has 0 saturated carbocycles. The zero-order valence-corrected chi connectivity index (χ0v) is 14.9. The number of carbonyl (C=O) groups excluding carboxylic acids is 1. The molecule has 0 spiro atoms. The molecular formula is C19H18F5NO3. The predicted octanol–water partition coefficient (Wildman–Crippen LogP) is 4.85. The van der Waals surface area contributed by atoms with Gasteiger partial charge >= 0.3 is 6.18 Å². The van der Waals surface area contributed by atoms with Gasteiger partial charge in [-0.25, -0.2) is 8.78 Å². The van der Waals surface area contributed by atoms with Crippen LogP contribution in [-0.2, 0) is 10.9 Å². The molecule has 28 heavy (non-hydrogen) atoms. The van der Waals surface area contributed by atoms with Crippen molar-refractivity contribution in [2.45, 2.75) is 12.6 Å². The van der Waals surface area contributed by atoms with E-state index in [9.17, 15) is 26.7 Å². The first-order valence-corrected chi connectivity index (χ1v) is 8.22. The lowest BCUT2D eigenvalue weighted by Crippen LogP contribution is -2.37. The topological polar surface area (TPSA) is 38.8 Å². The van der Waals surface area contributed by atoms with Crippen LogP contribution in [0.3, 0.4) is 0 Å². The first-order valence-electron chi connectivity index (χ1n) is 8.22. The van der Waals surface area contributed by atoms with Crippen molar-refractivity contribution < 1.29 is 36.2 Å². The first kappa shape index (κ1) is 21.6. The molecule has 0 unspecified atom stereocenters. The van der Waals surface area contributed by atoms with E-state index in [1.165, 1.54) is 43.5 Å². The molecule has 0 saturated heterocycles. The molecule has 152 valence electrons. The van der Waals surface area contributed by atoms with Gasteiger partial charge in [-0.15, -0.1) is 0 Å². The molecular weight excluding hydrogens is 385 g/mol. The molecule has 2 aromatic rings. The Balaban J connectivity index is 2.20. The van der Waals surface area contributed by atoms with Crippen LogP contribution < -0.4 is 4.74 Å². The molecule has 2 aromatic carbocycles. The van der Waals surface area contributed by atoms with Gasteiger partial charge in [-0.1, -0.05) is 12.1 Å². The summed E-state index contributed by atoms with van der Waals surface area (Å²) in [6, 6.07) is 9.87. The molecule has 0 bridgehead atoms. The van der Waals surface area contributed by atoms with E-state index in [0.29, 0.717) is 0 Å². The van der Waals surface area contributed by atoms with Gasteiger partial charge in [-0.05, 0) is 36.4 Å². The van der Waals surface area contributed by atoms with Crippen molar-refractivity contribution in [2.75, 3.05) is 26.8 Å². The van der Waals surface area contributed by atoms with Crippen LogP contribution in [0.15, 0.2) is 48.5 Å². The summed E-state index contributed by atoms with van der Waals surface area (Å²) >= 11 is 0. The number of halogens is 5. The van der Waals surface area contributed by atoms with E-state index >= 15 is 0 Å². The van der Waals surface area contributed by atoms with Crippen LogP contribution in [0.25, 0.3) is 0 Å². The van der Waals surface area contributed by atoms with Gasteiger partial charge < -0.3 is 14.4 Å². The number of methoxy groups -OCH3 is 1. The summed E-state index contributed by atoms with van der Waals surface area (Å²) in [4.78, 5) is 13.5. The maximum atomic E-state index is 12.8. The van der Waals surface area contributed by atoms with E-state index in [-0.39, 0.29) is 30.2 Å². The van der Waals surface area contributed by atoms with Crippen LogP contribution in [0.1, 0.15) is 15.9 Å². The zero-order chi connectivity index (χ0) is 20.7. The third kappa shape index (κ3) is 6.19. The van der Waals surface area contributed by atoms with Crippen molar-refractivity contribution in [3.05, 3.63) is 59.7 Å². The van der Waals surface area contributed by atoms with E-state index in [0.717, 1.165) is 17.0 Å². The van der Waals surface area contributed by atoms with E-state index in [1.54, 1.807) is 0 Å². The van der Waals surface area contributed by atoms with Gasteiger partial charge in [-0.3, -0.25) is 4.79 Å².